The van der Waals surface area contributed by atoms with Gasteiger partial charge in [-0.05, 0) is 32.5 Å². The Bertz CT molecular complexity index is 645. The van der Waals surface area contributed by atoms with Gasteiger partial charge in [0.05, 0.1) is 0 Å². The van der Waals surface area contributed by atoms with E-state index in [1.54, 1.807) is 10.4 Å². The van der Waals surface area contributed by atoms with Crippen LogP contribution in [0.15, 0.2) is 42.5 Å². The van der Waals surface area contributed by atoms with Crippen LogP contribution in [0.25, 0.3) is 11.1 Å². The van der Waals surface area contributed by atoms with Crippen LogP contribution in [-0.4, -0.2) is 8.07 Å². The van der Waals surface area contributed by atoms with E-state index >= 15 is 0 Å². The largest absolute Gasteiger partial charge is 0.113 e. The van der Waals surface area contributed by atoms with E-state index in [2.05, 4.69) is 76.3 Å². The van der Waals surface area contributed by atoms with Crippen molar-refractivity contribution < 1.29 is 0 Å². The molecular weight excluding hydrogens is 244 g/mol. The van der Waals surface area contributed by atoms with Gasteiger partial charge < -0.3 is 0 Å². The first-order valence-corrected chi connectivity index (χ1v) is 10.1. The highest BCUT2D eigenvalue weighted by Gasteiger charge is 2.37. The van der Waals surface area contributed by atoms with Crippen molar-refractivity contribution in [3.05, 3.63) is 48.0 Å². The Morgan fingerprint density at radius 3 is 2.11 bits per heavy atom. The molecule has 3 rings (SSSR count). The Morgan fingerprint density at radius 2 is 1.42 bits per heavy atom. The van der Waals surface area contributed by atoms with E-state index in [1.165, 1.54) is 16.7 Å². The number of hydrogen-bond acceptors (Lipinski definition) is 0. The van der Waals surface area contributed by atoms with Crippen LogP contribution in [0.4, 0.5) is 0 Å². The number of rotatable bonds is 0. The standard InChI is InChI=1S/C18H22Si/c1-18(2,3)13-10-11-15-14-8-6-7-9-16(14)19(4,5)17(15)12-13/h6-12H,1-5H3. The minimum Gasteiger partial charge on any atom is -0.0623 e. The molecule has 2 aromatic rings. The lowest BCUT2D eigenvalue weighted by Crippen LogP contribution is -2.49. The molecule has 0 bridgehead atoms. The van der Waals surface area contributed by atoms with Gasteiger partial charge in [-0.25, -0.2) is 0 Å². The van der Waals surface area contributed by atoms with Crippen molar-refractivity contribution in [3.8, 4) is 11.1 Å². The molecule has 0 aliphatic carbocycles. The van der Waals surface area contributed by atoms with Crippen LogP contribution in [0.1, 0.15) is 26.3 Å². The third-order valence-electron chi connectivity index (χ3n) is 4.45. The summed E-state index contributed by atoms with van der Waals surface area (Å²) in [6.07, 6.45) is 0. The van der Waals surface area contributed by atoms with Gasteiger partial charge in [-0.15, -0.1) is 0 Å². The van der Waals surface area contributed by atoms with Crippen molar-refractivity contribution in [3.63, 3.8) is 0 Å². The predicted molar refractivity (Wildman–Crippen MR) is 87.3 cm³/mol. The Kier molecular flexibility index (Phi) is 2.55. The van der Waals surface area contributed by atoms with Crippen LogP contribution < -0.4 is 10.4 Å². The van der Waals surface area contributed by atoms with E-state index in [0.29, 0.717) is 0 Å². The molecule has 1 aliphatic heterocycles. The smallest absolute Gasteiger partial charge is 0.0623 e. The molecule has 0 saturated carbocycles. The highest BCUT2D eigenvalue weighted by atomic mass is 28.3. The Morgan fingerprint density at radius 1 is 0.789 bits per heavy atom. The Balaban J connectivity index is 2.27. The third-order valence-corrected chi connectivity index (χ3v) is 7.99. The fraction of sp³-hybridized carbons (Fsp3) is 0.333. The quantitative estimate of drug-likeness (QED) is 0.637. The van der Waals surface area contributed by atoms with Crippen molar-refractivity contribution >= 4 is 18.4 Å². The van der Waals surface area contributed by atoms with Crippen molar-refractivity contribution in [1.82, 2.24) is 0 Å². The molecular formula is C18H22Si. The van der Waals surface area contributed by atoms with Crippen LogP contribution in [0.5, 0.6) is 0 Å². The zero-order valence-electron chi connectivity index (χ0n) is 12.5. The zero-order valence-corrected chi connectivity index (χ0v) is 13.5. The molecule has 0 fully saturated rings. The second-order valence-electron chi connectivity index (χ2n) is 7.18. The molecule has 0 N–H and O–H groups in total. The summed E-state index contributed by atoms with van der Waals surface area (Å²) in [7, 11) is -1.49. The molecule has 1 aliphatic rings. The second kappa shape index (κ2) is 3.83. The molecule has 98 valence electrons. The van der Waals surface area contributed by atoms with Gasteiger partial charge in [-0.2, -0.15) is 0 Å². The van der Waals surface area contributed by atoms with Crippen LogP contribution in [0.3, 0.4) is 0 Å². The molecule has 0 spiro atoms. The van der Waals surface area contributed by atoms with Crippen LogP contribution in [0, 0.1) is 0 Å². The summed E-state index contributed by atoms with van der Waals surface area (Å²) in [5, 5.41) is 3.21. The summed E-state index contributed by atoms with van der Waals surface area (Å²) in [4.78, 5) is 0. The highest BCUT2D eigenvalue weighted by Crippen LogP contribution is 2.31. The maximum Gasteiger partial charge on any atom is 0.113 e. The van der Waals surface area contributed by atoms with E-state index in [-0.39, 0.29) is 5.41 Å². The first kappa shape index (κ1) is 12.7. The van der Waals surface area contributed by atoms with Gasteiger partial charge in [0.1, 0.15) is 8.07 Å². The molecule has 0 aromatic heterocycles. The average Bonchev–Trinajstić information content (AvgIpc) is 2.58. The van der Waals surface area contributed by atoms with E-state index in [1.807, 2.05) is 0 Å². The van der Waals surface area contributed by atoms with Gasteiger partial charge in [-0.3, -0.25) is 0 Å². The molecule has 19 heavy (non-hydrogen) atoms. The monoisotopic (exact) mass is 266 g/mol. The molecule has 2 aromatic carbocycles. The van der Waals surface area contributed by atoms with E-state index in [9.17, 15) is 0 Å². The number of hydrogen-bond donors (Lipinski definition) is 0. The topological polar surface area (TPSA) is 0 Å². The molecule has 0 unspecified atom stereocenters. The maximum absolute atomic E-state index is 2.48. The van der Waals surface area contributed by atoms with Crippen molar-refractivity contribution in [1.29, 1.82) is 0 Å². The summed E-state index contributed by atoms with van der Waals surface area (Å²) >= 11 is 0. The van der Waals surface area contributed by atoms with Gasteiger partial charge in [0.2, 0.25) is 0 Å². The fourth-order valence-corrected chi connectivity index (χ4v) is 6.27. The van der Waals surface area contributed by atoms with Gasteiger partial charge >= 0.3 is 0 Å². The van der Waals surface area contributed by atoms with Crippen LogP contribution in [-0.2, 0) is 5.41 Å². The fourth-order valence-electron chi connectivity index (χ4n) is 3.17. The molecule has 0 saturated heterocycles. The minimum atomic E-state index is -1.49. The lowest BCUT2D eigenvalue weighted by molar-refractivity contribution is 0.591. The summed E-state index contributed by atoms with van der Waals surface area (Å²) in [6, 6.07) is 16.1. The van der Waals surface area contributed by atoms with Crippen molar-refractivity contribution in [2.24, 2.45) is 0 Å². The van der Waals surface area contributed by atoms with Crippen LogP contribution in [0.2, 0.25) is 13.1 Å². The zero-order chi connectivity index (χ0) is 13.8. The Labute approximate surface area is 117 Å². The van der Waals surface area contributed by atoms with Gasteiger partial charge in [0.25, 0.3) is 0 Å². The highest BCUT2D eigenvalue weighted by molar-refractivity contribution is 7.03. The SMILES string of the molecule is CC(C)(C)c1ccc2c(c1)[Si](C)(C)c1ccccc1-2. The first-order chi connectivity index (χ1) is 8.82. The average molecular weight is 266 g/mol. The van der Waals surface area contributed by atoms with Crippen LogP contribution >= 0.6 is 0 Å². The van der Waals surface area contributed by atoms with Crippen molar-refractivity contribution in [2.45, 2.75) is 39.3 Å². The van der Waals surface area contributed by atoms with E-state index in [0.717, 1.165) is 0 Å². The molecule has 0 nitrogen and oxygen atoms in total. The lowest BCUT2D eigenvalue weighted by Gasteiger charge is -2.23. The Hall–Kier alpha value is -1.34. The molecule has 1 heterocycles. The number of fused-ring (bicyclic) bond motifs is 3. The summed E-state index contributed by atoms with van der Waals surface area (Å²) in [6.45, 7) is 11.8. The molecule has 1 heteroatoms. The van der Waals surface area contributed by atoms with Gasteiger partial charge in [0, 0.05) is 0 Å². The van der Waals surface area contributed by atoms with Gasteiger partial charge in [-0.1, -0.05) is 76.3 Å². The van der Waals surface area contributed by atoms with Gasteiger partial charge in [0.15, 0.2) is 0 Å². The lowest BCUT2D eigenvalue weighted by atomic mass is 9.86. The summed E-state index contributed by atoms with van der Waals surface area (Å²) in [5.41, 5.74) is 4.63. The summed E-state index contributed by atoms with van der Waals surface area (Å²) in [5.74, 6) is 0. The van der Waals surface area contributed by atoms with Crippen molar-refractivity contribution in [2.75, 3.05) is 0 Å². The maximum atomic E-state index is 2.48. The first-order valence-electron chi connectivity index (χ1n) is 7.07. The predicted octanol–water partition coefficient (Wildman–Crippen LogP) is 3.79. The van der Waals surface area contributed by atoms with E-state index in [4.69, 9.17) is 0 Å². The normalized spacial score (nSPS) is 16.1. The third kappa shape index (κ3) is 1.79. The number of benzene rings is 2. The minimum absolute atomic E-state index is 0.230. The molecule has 0 radical (unpaired) electrons. The van der Waals surface area contributed by atoms with E-state index < -0.39 is 8.07 Å². The molecule has 0 atom stereocenters. The second-order valence-corrected chi connectivity index (χ2v) is 11.5. The summed E-state index contributed by atoms with van der Waals surface area (Å²) < 4.78 is 0. The molecule has 0 amide bonds.